The molecule has 0 aliphatic carbocycles. The maximum atomic E-state index is 13.7. The monoisotopic (exact) mass is 358 g/mol. The van der Waals surface area contributed by atoms with Crippen LogP contribution in [0.25, 0.3) is 0 Å². The summed E-state index contributed by atoms with van der Waals surface area (Å²) in [4.78, 5) is 15.7. The predicted octanol–water partition coefficient (Wildman–Crippen LogP) is 4.08. The second-order valence-electron chi connectivity index (χ2n) is 7.32. The Morgan fingerprint density at radius 1 is 1.23 bits per heavy atom. The van der Waals surface area contributed by atoms with Gasteiger partial charge >= 0.3 is 6.09 Å². The van der Waals surface area contributed by atoms with E-state index in [1.807, 2.05) is 25.1 Å². The molecule has 1 spiro atoms. The Hall–Kier alpha value is -2.14. The number of likely N-dealkylation sites (tertiary alicyclic amines) is 1. The molecule has 0 radical (unpaired) electrons. The number of hydrogen-bond donors (Lipinski definition) is 0. The van der Waals surface area contributed by atoms with Gasteiger partial charge in [0.05, 0.1) is 6.54 Å². The number of ether oxygens (including phenoxy) is 1. The third kappa shape index (κ3) is 4.52. The molecule has 0 bridgehead atoms. The summed E-state index contributed by atoms with van der Waals surface area (Å²) < 4.78 is 19.3. The lowest BCUT2D eigenvalue weighted by atomic mass is 9.91. The van der Waals surface area contributed by atoms with Crippen molar-refractivity contribution >= 4 is 6.09 Å². The van der Waals surface area contributed by atoms with E-state index in [1.165, 1.54) is 11.6 Å². The highest BCUT2D eigenvalue weighted by molar-refractivity contribution is 5.70. The van der Waals surface area contributed by atoms with Crippen LogP contribution in [0.1, 0.15) is 30.9 Å². The lowest BCUT2D eigenvalue weighted by Gasteiger charge is -2.37. The molecule has 5 heteroatoms. The van der Waals surface area contributed by atoms with Gasteiger partial charge in [-0.1, -0.05) is 36.4 Å². The summed E-state index contributed by atoms with van der Waals surface area (Å²) in [6.07, 6.45) is 6.91. The zero-order valence-electron chi connectivity index (χ0n) is 15.6. The molecule has 2 aliphatic rings. The number of nitrogens with zero attached hydrogens (tertiary/aromatic N) is 2. The molecule has 0 unspecified atom stereocenters. The van der Waals surface area contributed by atoms with Crippen molar-refractivity contribution in [2.75, 3.05) is 26.7 Å². The van der Waals surface area contributed by atoms with Gasteiger partial charge in [0.1, 0.15) is 11.4 Å². The Labute approximate surface area is 154 Å². The lowest BCUT2D eigenvalue weighted by Crippen LogP contribution is -2.46. The van der Waals surface area contributed by atoms with Crippen LogP contribution in [0.3, 0.4) is 0 Å². The smallest absolute Gasteiger partial charge is 0.410 e. The molecule has 2 saturated heterocycles. The molecule has 2 aliphatic heterocycles. The van der Waals surface area contributed by atoms with Gasteiger partial charge in [-0.3, -0.25) is 4.90 Å². The van der Waals surface area contributed by atoms with Crippen LogP contribution in [0.4, 0.5) is 9.18 Å². The summed E-state index contributed by atoms with van der Waals surface area (Å²) in [7, 11) is 1.79. The molecule has 1 aromatic carbocycles. The molecule has 1 aromatic rings. The first-order valence-corrected chi connectivity index (χ1v) is 9.21. The van der Waals surface area contributed by atoms with Crippen LogP contribution < -0.4 is 0 Å². The topological polar surface area (TPSA) is 32.8 Å². The van der Waals surface area contributed by atoms with E-state index < -0.39 is 0 Å². The summed E-state index contributed by atoms with van der Waals surface area (Å²) in [5.74, 6) is -0.131. The van der Waals surface area contributed by atoms with E-state index >= 15 is 0 Å². The summed E-state index contributed by atoms with van der Waals surface area (Å²) in [5, 5.41) is 0. The van der Waals surface area contributed by atoms with E-state index in [1.54, 1.807) is 18.0 Å². The van der Waals surface area contributed by atoms with Gasteiger partial charge in [0.25, 0.3) is 0 Å². The minimum atomic E-state index is -0.289. The van der Waals surface area contributed by atoms with E-state index in [2.05, 4.69) is 17.0 Å². The Balaban J connectivity index is 1.50. The van der Waals surface area contributed by atoms with E-state index in [0.29, 0.717) is 13.0 Å². The molecule has 26 heavy (non-hydrogen) atoms. The quantitative estimate of drug-likeness (QED) is 0.744. The molecule has 0 atom stereocenters. The fourth-order valence-corrected chi connectivity index (χ4v) is 3.65. The van der Waals surface area contributed by atoms with Crippen LogP contribution in [0.15, 0.2) is 48.3 Å². The Bertz CT molecular complexity index is 688. The van der Waals surface area contributed by atoms with Gasteiger partial charge in [-0.2, -0.15) is 0 Å². The van der Waals surface area contributed by atoms with Crippen LogP contribution >= 0.6 is 0 Å². The van der Waals surface area contributed by atoms with Crippen LogP contribution in [-0.4, -0.2) is 48.2 Å². The second-order valence-corrected chi connectivity index (χ2v) is 7.32. The second kappa shape index (κ2) is 8.04. The van der Waals surface area contributed by atoms with Crippen molar-refractivity contribution in [2.24, 2.45) is 0 Å². The summed E-state index contributed by atoms with van der Waals surface area (Å²) in [5.41, 5.74) is 1.91. The summed E-state index contributed by atoms with van der Waals surface area (Å²) in [6, 6.07) is 8.15. The Kier molecular flexibility index (Phi) is 5.77. The number of amides is 1. The fourth-order valence-electron chi connectivity index (χ4n) is 3.65. The minimum Gasteiger partial charge on any atom is -0.441 e. The average Bonchev–Trinajstić information content (AvgIpc) is 2.90. The van der Waals surface area contributed by atoms with Gasteiger partial charge in [0, 0.05) is 45.9 Å². The number of carbonyl (C=O) groups is 1. The Morgan fingerprint density at radius 3 is 2.46 bits per heavy atom. The maximum absolute atomic E-state index is 13.7. The van der Waals surface area contributed by atoms with Crippen molar-refractivity contribution < 1.29 is 13.9 Å². The summed E-state index contributed by atoms with van der Waals surface area (Å²) in [6.45, 7) is 5.28. The maximum Gasteiger partial charge on any atom is 0.410 e. The first-order chi connectivity index (χ1) is 12.5. The molecule has 0 saturated carbocycles. The van der Waals surface area contributed by atoms with E-state index in [-0.39, 0.29) is 17.5 Å². The number of benzene rings is 1. The first kappa shape index (κ1) is 18.6. The molecule has 3 rings (SSSR count). The number of piperidine rings is 1. The molecule has 2 fully saturated rings. The molecule has 140 valence electrons. The SMILES string of the molecule is C/C=C\C=C(\F)Cc1ccc(CN2CCC3(CC2)CN(C)C(=O)O3)cc1. The highest BCUT2D eigenvalue weighted by Crippen LogP contribution is 2.32. The molecule has 4 nitrogen and oxygen atoms in total. The first-order valence-electron chi connectivity index (χ1n) is 9.21. The number of carbonyl (C=O) groups excluding carboxylic acids is 1. The number of allylic oxidation sites excluding steroid dienone is 4. The van der Waals surface area contributed by atoms with Crippen LogP contribution in [0.2, 0.25) is 0 Å². The third-order valence-corrected chi connectivity index (χ3v) is 5.18. The normalized spacial score (nSPS) is 21.0. The van der Waals surface area contributed by atoms with Crippen molar-refractivity contribution in [3.8, 4) is 0 Å². The fraction of sp³-hybridized carbons (Fsp3) is 0.476. The van der Waals surface area contributed by atoms with Crippen molar-refractivity contribution in [3.05, 3.63) is 59.4 Å². The number of hydrogen-bond acceptors (Lipinski definition) is 3. The van der Waals surface area contributed by atoms with Gasteiger partial charge in [0.15, 0.2) is 0 Å². The molecule has 2 heterocycles. The highest BCUT2D eigenvalue weighted by Gasteiger charge is 2.45. The van der Waals surface area contributed by atoms with Crippen LogP contribution in [-0.2, 0) is 17.7 Å². The number of rotatable bonds is 5. The standard InChI is InChI=1S/C21H27FN2O2/c1-3-4-5-19(22)14-17-6-8-18(9-7-17)15-24-12-10-21(11-13-24)16-23(2)20(25)26-21/h3-9H,10-16H2,1-2H3/b4-3-,19-5+. The van der Waals surface area contributed by atoms with Crippen molar-refractivity contribution in [1.82, 2.24) is 9.80 Å². The van der Waals surface area contributed by atoms with Gasteiger partial charge in [-0.05, 0) is 24.1 Å². The number of likely N-dealkylation sites (N-methyl/N-ethyl adjacent to an activating group) is 1. The zero-order chi connectivity index (χ0) is 18.6. The third-order valence-electron chi connectivity index (χ3n) is 5.18. The van der Waals surface area contributed by atoms with E-state index in [4.69, 9.17) is 4.74 Å². The lowest BCUT2D eigenvalue weighted by molar-refractivity contribution is -0.00119. The van der Waals surface area contributed by atoms with Gasteiger partial charge in [-0.15, -0.1) is 0 Å². The van der Waals surface area contributed by atoms with Crippen molar-refractivity contribution in [3.63, 3.8) is 0 Å². The van der Waals surface area contributed by atoms with Crippen LogP contribution in [0.5, 0.6) is 0 Å². The molecule has 1 amide bonds. The van der Waals surface area contributed by atoms with E-state index in [0.717, 1.165) is 38.0 Å². The Morgan fingerprint density at radius 2 is 1.88 bits per heavy atom. The van der Waals surface area contributed by atoms with Crippen molar-refractivity contribution in [1.29, 1.82) is 0 Å². The molecular weight excluding hydrogens is 331 g/mol. The van der Waals surface area contributed by atoms with Crippen LogP contribution in [0, 0.1) is 0 Å². The average molecular weight is 358 g/mol. The van der Waals surface area contributed by atoms with Crippen molar-refractivity contribution in [2.45, 2.75) is 38.3 Å². The van der Waals surface area contributed by atoms with E-state index in [9.17, 15) is 9.18 Å². The van der Waals surface area contributed by atoms with Gasteiger partial charge < -0.3 is 9.64 Å². The molecular formula is C21H27FN2O2. The largest absolute Gasteiger partial charge is 0.441 e. The molecule has 0 aromatic heterocycles. The molecule has 0 N–H and O–H groups in total. The summed E-state index contributed by atoms with van der Waals surface area (Å²) >= 11 is 0. The minimum absolute atomic E-state index is 0.131. The van der Waals surface area contributed by atoms with Gasteiger partial charge in [-0.25, -0.2) is 9.18 Å². The van der Waals surface area contributed by atoms with Gasteiger partial charge in [0.2, 0.25) is 0 Å². The zero-order valence-corrected chi connectivity index (χ0v) is 15.6. The number of halogens is 1. The predicted molar refractivity (Wildman–Crippen MR) is 101 cm³/mol. The highest BCUT2D eigenvalue weighted by atomic mass is 19.1.